The molecule has 2 aromatic heterocycles. The molecule has 3 rings (SSSR count). The highest BCUT2D eigenvalue weighted by molar-refractivity contribution is 7.09. The first-order valence-corrected chi connectivity index (χ1v) is 7.03. The number of nitrogens with zero attached hydrogens (tertiary/aromatic N) is 1. The first kappa shape index (κ1) is 11.5. The van der Waals surface area contributed by atoms with Crippen molar-refractivity contribution >= 4 is 17.2 Å². The lowest BCUT2D eigenvalue weighted by Crippen LogP contribution is -2.30. The molecule has 0 N–H and O–H groups in total. The van der Waals surface area contributed by atoms with E-state index in [0.717, 1.165) is 18.4 Å². The minimum absolute atomic E-state index is 0.261. The van der Waals surface area contributed by atoms with E-state index < -0.39 is 0 Å². The molecule has 2 heterocycles. The van der Waals surface area contributed by atoms with Gasteiger partial charge in [-0.1, -0.05) is 6.07 Å². The fraction of sp³-hybridized carbons (Fsp3) is 0.357. The molecule has 0 atom stereocenters. The molecule has 18 heavy (non-hydrogen) atoms. The van der Waals surface area contributed by atoms with Crippen molar-refractivity contribution in [2.45, 2.75) is 25.9 Å². The second kappa shape index (κ2) is 4.98. The van der Waals surface area contributed by atoms with Crippen LogP contribution in [0.1, 0.15) is 23.3 Å². The number of carbonyl (C=O) groups is 1. The van der Waals surface area contributed by atoms with Gasteiger partial charge in [0.05, 0.1) is 19.1 Å². The van der Waals surface area contributed by atoms with E-state index >= 15 is 0 Å². The first-order chi connectivity index (χ1) is 8.83. The van der Waals surface area contributed by atoms with Gasteiger partial charge < -0.3 is 9.32 Å². The lowest BCUT2D eigenvalue weighted by molar-refractivity contribution is -0.133. The van der Waals surface area contributed by atoms with Crippen molar-refractivity contribution < 1.29 is 9.21 Å². The summed E-state index contributed by atoms with van der Waals surface area (Å²) < 4.78 is 5.07. The predicted octanol–water partition coefficient (Wildman–Crippen LogP) is 3.28. The average Bonchev–Trinajstić information content (AvgIpc) is 2.88. The van der Waals surface area contributed by atoms with Crippen molar-refractivity contribution in [2.24, 2.45) is 5.92 Å². The van der Waals surface area contributed by atoms with E-state index in [-0.39, 0.29) is 11.8 Å². The highest BCUT2D eigenvalue weighted by atomic mass is 32.1. The molecular weight excluding hydrogens is 246 g/mol. The third kappa shape index (κ3) is 2.64. The van der Waals surface area contributed by atoms with Gasteiger partial charge in [0, 0.05) is 22.9 Å². The third-order valence-electron chi connectivity index (χ3n) is 3.12. The number of rotatable bonds is 5. The van der Waals surface area contributed by atoms with Gasteiger partial charge >= 0.3 is 0 Å². The van der Waals surface area contributed by atoms with Gasteiger partial charge in [0.1, 0.15) is 0 Å². The number of amides is 1. The van der Waals surface area contributed by atoms with Crippen molar-refractivity contribution in [3.05, 3.63) is 46.5 Å². The molecule has 94 valence electrons. The van der Waals surface area contributed by atoms with Gasteiger partial charge in [-0.2, -0.15) is 0 Å². The summed E-state index contributed by atoms with van der Waals surface area (Å²) in [6.07, 6.45) is 5.46. The standard InChI is InChI=1S/C14H15NO2S/c16-14(12-3-4-12)15(8-11-5-6-17-10-11)9-13-2-1-7-18-13/h1-2,5-7,10,12H,3-4,8-9H2. The Morgan fingerprint density at radius 1 is 1.39 bits per heavy atom. The monoisotopic (exact) mass is 261 g/mol. The molecule has 0 aromatic carbocycles. The molecule has 1 amide bonds. The van der Waals surface area contributed by atoms with E-state index in [1.165, 1.54) is 4.88 Å². The van der Waals surface area contributed by atoms with Crippen LogP contribution in [0.2, 0.25) is 0 Å². The van der Waals surface area contributed by atoms with E-state index in [0.29, 0.717) is 13.1 Å². The van der Waals surface area contributed by atoms with E-state index in [1.54, 1.807) is 23.9 Å². The quantitative estimate of drug-likeness (QED) is 0.827. The lowest BCUT2D eigenvalue weighted by atomic mass is 10.2. The van der Waals surface area contributed by atoms with Gasteiger partial charge in [-0.15, -0.1) is 11.3 Å². The van der Waals surface area contributed by atoms with E-state index in [2.05, 4.69) is 6.07 Å². The van der Waals surface area contributed by atoms with E-state index in [9.17, 15) is 4.79 Å². The molecule has 0 bridgehead atoms. The fourth-order valence-corrected chi connectivity index (χ4v) is 2.71. The molecule has 4 heteroatoms. The molecule has 0 unspecified atom stereocenters. The van der Waals surface area contributed by atoms with Gasteiger partial charge in [0.15, 0.2) is 0 Å². The van der Waals surface area contributed by atoms with Crippen LogP contribution >= 0.6 is 11.3 Å². The Morgan fingerprint density at radius 2 is 2.28 bits per heavy atom. The molecule has 0 saturated heterocycles. The van der Waals surface area contributed by atoms with Gasteiger partial charge in [-0.3, -0.25) is 4.79 Å². The molecule has 1 aliphatic carbocycles. The largest absolute Gasteiger partial charge is 0.472 e. The smallest absolute Gasteiger partial charge is 0.226 e. The van der Waals surface area contributed by atoms with Crippen molar-refractivity contribution in [1.29, 1.82) is 0 Å². The SMILES string of the molecule is O=C(C1CC1)N(Cc1ccoc1)Cc1cccs1. The van der Waals surface area contributed by atoms with Gasteiger partial charge in [-0.25, -0.2) is 0 Å². The number of carbonyl (C=O) groups excluding carboxylic acids is 1. The summed E-state index contributed by atoms with van der Waals surface area (Å²) in [7, 11) is 0. The zero-order valence-electron chi connectivity index (χ0n) is 10.0. The molecule has 1 saturated carbocycles. The maximum absolute atomic E-state index is 12.3. The first-order valence-electron chi connectivity index (χ1n) is 6.15. The van der Waals surface area contributed by atoms with E-state index in [4.69, 9.17) is 4.42 Å². The van der Waals surface area contributed by atoms with Crippen LogP contribution in [-0.4, -0.2) is 10.8 Å². The Hall–Kier alpha value is -1.55. The second-order valence-electron chi connectivity index (χ2n) is 4.68. The average molecular weight is 261 g/mol. The Balaban J connectivity index is 1.72. The van der Waals surface area contributed by atoms with Gasteiger partial charge in [-0.05, 0) is 30.4 Å². The van der Waals surface area contributed by atoms with Crippen molar-refractivity contribution in [3.63, 3.8) is 0 Å². The number of hydrogen-bond acceptors (Lipinski definition) is 3. The van der Waals surface area contributed by atoms with Crippen molar-refractivity contribution in [2.75, 3.05) is 0 Å². The van der Waals surface area contributed by atoms with Crippen LogP contribution in [0.5, 0.6) is 0 Å². The summed E-state index contributed by atoms with van der Waals surface area (Å²) in [5, 5.41) is 2.05. The molecule has 0 aliphatic heterocycles. The third-order valence-corrected chi connectivity index (χ3v) is 3.98. The summed E-state index contributed by atoms with van der Waals surface area (Å²) in [6, 6.07) is 6.02. The normalized spacial score (nSPS) is 14.7. The topological polar surface area (TPSA) is 33.5 Å². The molecule has 1 fully saturated rings. The summed E-state index contributed by atoms with van der Waals surface area (Å²) in [6.45, 7) is 1.35. The summed E-state index contributed by atoms with van der Waals surface area (Å²) in [5.41, 5.74) is 1.06. The van der Waals surface area contributed by atoms with Gasteiger partial charge in [0.25, 0.3) is 0 Å². The van der Waals surface area contributed by atoms with Crippen LogP contribution in [0, 0.1) is 5.92 Å². The minimum atomic E-state index is 0.261. The highest BCUT2D eigenvalue weighted by Gasteiger charge is 2.33. The van der Waals surface area contributed by atoms with Gasteiger partial charge in [0.2, 0.25) is 5.91 Å². The number of furan rings is 1. The molecular formula is C14H15NO2S. The Labute approximate surface area is 110 Å². The minimum Gasteiger partial charge on any atom is -0.472 e. The Bertz CT molecular complexity index is 464. The second-order valence-corrected chi connectivity index (χ2v) is 5.71. The summed E-state index contributed by atoms with van der Waals surface area (Å²) in [5.74, 6) is 0.543. The van der Waals surface area contributed by atoms with Crippen LogP contribution in [-0.2, 0) is 17.9 Å². The Morgan fingerprint density at radius 3 is 2.89 bits per heavy atom. The molecule has 3 nitrogen and oxygen atoms in total. The molecule has 0 radical (unpaired) electrons. The summed E-state index contributed by atoms with van der Waals surface area (Å²) >= 11 is 1.70. The van der Waals surface area contributed by atoms with Crippen molar-refractivity contribution in [3.8, 4) is 0 Å². The molecule has 0 spiro atoms. The maximum Gasteiger partial charge on any atom is 0.226 e. The summed E-state index contributed by atoms with van der Waals surface area (Å²) in [4.78, 5) is 15.4. The zero-order valence-corrected chi connectivity index (χ0v) is 10.9. The van der Waals surface area contributed by atoms with Crippen LogP contribution in [0.25, 0.3) is 0 Å². The van der Waals surface area contributed by atoms with Crippen LogP contribution < -0.4 is 0 Å². The molecule has 1 aliphatic rings. The van der Waals surface area contributed by atoms with Crippen LogP contribution in [0.4, 0.5) is 0 Å². The van der Waals surface area contributed by atoms with Crippen LogP contribution in [0.3, 0.4) is 0 Å². The zero-order chi connectivity index (χ0) is 12.4. The number of thiophene rings is 1. The number of hydrogen-bond donors (Lipinski definition) is 0. The maximum atomic E-state index is 12.3. The predicted molar refractivity (Wildman–Crippen MR) is 70.0 cm³/mol. The van der Waals surface area contributed by atoms with E-state index in [1.807, 2.05) is 22.4 Å². The fourth-order valence-electron chi connectivity index (χ4n) is 1.99. The van der Waals surface area contributed by atoms with Crippen LogP contribution in [0.15, 0.2) is 40.5 Å². The Kier molecular flexibility index (Phi) is 3.19. The lowest BCUT2D eigenvalue weighted by Gasteiger charge is -2.21. The highest BCUT2D eigenvalue weighted by Crippen LogP contribution is 2.32. The molecule has 2 aromatic rings. The van der Waals surface area contributed by atoms with Crippen molar-refractivity contribution in [1.82, 2.24) is 4.90 Å².